The molecule has 1 aliphatic rings. The highest BCUT2D eigenvalue weighted by Crippen LogP contribution is 2.27. The Hall–Kier alpha value is -3.04. The number of amides is 1. The van der Waals surface area contributed by atoms with E-state index in [1.54, 1.807) is 55.2 Å². The number of imidazole rings is 1. The molecular formula is C25H29FN4O3S. The maximum atomic E-state index is 14.0. The van der Waals surface area contributed by atoms with Crippen LogP contribution in [0.2, 0.25) is 0 Å². The predicted molar refractivity (Wildman–Crippen MR) is 127 cm³/mol. The molecule has 0 saturated carbocycles. The maximum Gasteiger partial charge on any atom is 0.252 e. The van der Waals surface area contributed by atoms with Crippen LogP contribution in [-0.2, 0) is 17.1 Å². The van der Waals surface area contributed by atoms with Crippen molar-refractivity contribution in [1.82, 2.24) is 19.2 Å². The second-order valence-corrected chi connectivity index (χ2v) is 10.7. The van der Waals surface area contributed by atoms with Crippen molar-refractivity contribution in [3.8, 4) is 0 Å². The molecule has 4 rings (SSSR count). The van der Waals surface area contributed by atoms with Gasteiger partial charge in [-0.05, 0) is 62.1 Å². The van der Waals surface area contributed by atoms with Gasteiger partial charge < -0.3 is 9.88 Å². The van der Waals surface area contributed by atoms with Crippen LogP contribution in [0.1, 0.15) is 59.5 Å². The molecule has 1 aromatic heterocycles. The highest BCUT2D eigenvalue weighted by molar-refractivity contribution is 7.89. The molecule has 9 heteroatoms. The fourth-order valence-corrected chi connectivity index (χ4v) is 6.14. The molecule has 7 nitrogen and oxygen atoms in total. The number of piperidine rings is 1. The molecule has 0 aliphatic carbocycles. The van der Waals surface area contributed by atoms with E-state index in [-0.39, 0.29) is 16.5 Å². The lowest BCUT2D eigenvalue weighted by Gasteiger charge is -2.32. The Morgan fingerprint density at radius 1 is 1.21 bits per heavy atom. The van der Waals surface area contributed by atoms with E-state index in [0.717, 1.165) is 19.3 Å². The van der Waals surface area contributed by atoms with Crippen molar-refractivity contribution in [2.75, 3.05) is 6.54 Å². The van der Waals surface area contributed by atoms with Gasteiger partial charge in [-0.15, -0.1) is 0 Å². The van der Waals surface area contributed by atoms with Crippen molar-refractivity contribution in [3.05, 3.63) is 83.2 Å². The summed E-state index contributed by atoms with van der Waals surface area (Å²) in [5.41, 5.74) is 1.42. The van der Waals surface area contributed by atoms with E-state index in [4.69, 9.17) is 0 Å². The van der Waals surface area contributed by atoms with Crippen LogP contribution in [0.4, 0.5) is 4.39 Å². The van der Waals surface area contributed by atoms with E-state index >= 15 is 0 Å². The Morgan fingerprint density at radius 2 is 2.00 bits per heavy atom. The van der Waals surface area contributed by atoms with Crippen LogP contribution in [0.25, 0.3) is 0 Å². The summed E-state index contributed by atoms with van der Waals surface area (Å²) >= 11 is 0. The minimum atomic E-state index is -3.73. The van der Waals surface area contributed by atoms with Crippen LogP contribution in [0.5, 0.6) is 0 Å². The number of carbonyl (C=O) groups excluding carboxylic acids is 1. The average Bonchev–Trinajstić information content (AvgIpc) is 3.23. The zero-order chi connectivity index (χ0) is 24.5. The lowest BCUT2D eigenvalue weighted by atomic mass is 10.0. The van der Waals surface area contributed by atoms with E-state index in [2.05, 4.69) is 10.3 Å². The summed E-state index contributed by atoms with van der Waals surface area (Å²) in [7, 11) is -1.94. The van der Waals surface area contributed by atoms with Gasteiger partial charge in [0.05, 0.1) is 4.90 Å². The molecular weight excluding hydrogens is 455 g/mol. The van der Waals surface area contributed by atoms with Crippen molar-refractivity contribution in [2.45, 2.75) is 50.1 Å². The molecule has 180 valence electrons. The molecule has 0 spiro atoms. The highest BCUT2D eigenvalue weighted by atomic mass is 32.2. The third-order valence-corrected chi connectivity index (χ3v) is 8.39. The fourth-order valence-electron chi connectivity index (χ4n) is 4.42. The van der Waals surface area contributed by atoms with E-state index in [1.165, 1.54) is 22.5 Å². The van der Waals surface area contributed by atoms with Gasteiger partial charge in [-0.1, -0.05) is 24.6 Å². The minimum absolute atomic E-state index is 0.0851. The van der Waals surface area contributed by atoms with Gasteiger partial charge in [-0.3, -0.25) is 4.79 Å². The van der Waals surface area contributed by atoms with Gasteiger partial charge >= 0.3 is 0 Å². The zero-order valence-corrected chi connectivity index (χ0v) is 20.3. The zero-order valence-electron chi connectivity index (χ0n) is 19.5. The molecule has 1 N–H and O–H groups in total. The molecule has 1 amide bonds. The Labute approximate surface area is 199 Å². The van der Waals surface area contributed by atoms with Gasteiger partial charge in [-0.2, -0.15) is 4.31 Å². The first-order valence-electron chi connectivity index (χ1n) is 11.3. The second-order valence-electron chi connectivity index (χ2n) is 8.80. The first-order chi connectivity index (χ1) is 16.2. The molecule has 1 fully saturated rings. The number of hydrogen-bond donors (Lipinski definition) is 1. The largest absolute Gasteiger partial charge is 0.338 e. The molecule has 2 unspecified atom stereocenters. The van der Waals surface area contributed by atoms with Crippen LogP contribution in [0, 0.1) is 12.7 Å². The van der Waals surface area contributed by atoms with Gasteiger partial charge in [0.15, 0.2) is 0 Å². The third kappa shape index (κ3) is 4.76. The lowest BCUT2D eigenvalue weighted by molar-refractivity contribution is 0.0940. The van der Waals surface area contributed by atoms with Crippen LogP contribution in [0.3, 0.4) is 0 Å². The Morgan fingerprint density at radius 3 is 2.68 bits per heavy atom. The van der Waals surface area contributed by atoms with Gasteiger partial charge in [0, 0.05) is 37.6 Å². The molecule has 1 saturated heterocycles. The molecule has 0 bridgehead atoms. The summed E-state index contributed by atoms with van der Waals surface area (Å²) in [5.74, 6) is -0.355. The summed E-state index contributed by atoms with van der Waals surface area (Å²) in [5, 5.41) is 2.93. The van der Waals surface area contributed by atoms with Gasteiger partial charge in [0.1, 0.15) is 17.7 Å². The van der Waals surface area contributed by atoms with E-state index in [0.29, 0.717) is 23.5 Å². The maximum absolute atomic E-state index is 14.0. The van der Waals surface area contributed by atoms with Gasteiger partial charge in [0.25, 0.3) is 5.91 Å². The monoisotopic (exact) mass is 484 g/mol. The summed E-state index contributed by atoms with van der Waals surface area (Å²) in [6, 6.07) is 9.80. The van der Waals surface area contributed by atoms with Crippen molar-refractivity contribution in [3.63, 3.8) is 0 Å². The number of carbonyl (C=O) groups is 1. The van der Waals surface area contributed by atoms with Crippen molar-refractivity contribution < 1.29 is 17.6 Å². The van der Waals surface area contributed by atoms with Gasteiger partial charge in [0.2, 0.25) is 10.0 Å². The number of nitrogens with one attached hydrogen (secondary N) is 1. The Bertz CT molecular complexity index is 1300. The molecule has 34 heavy (non-hydrogen) atoms. The number of sulfonamides is 1. The summed E-state index contributed by atoms with van der Waals surface area (Å²) in [6.45, 7) is 4.14. The van der Waals surface area contributed by atoms with Crippen molar-refractivity contribution >= 4 is 15.9 Å². The lowest BCUT2D eigenvalue weighted by Crippen LogP contribution is -2.42. The van der Waals surface area contributed by atoms with Crippen molar-refractivity contribution in [1.29, 1.82) is 0 Å². The SMILES string of the molecule is Cc1ccc(S(=O)(=O)N2CCCCC2C)cc1C(=O)NC(c1cccc(F)c1)c1nccn1C. The summed E-state index contributed by atoms with van der Waals surface area (Å²) < 4.78 is 43.9. The predicted octanol–water partition coefficient (Wildman–Crippen LogP) is 3.95. The number of hydrogen-bond acceptors (Lipinski definition) is 4. The normalized spacial score (nSPS) is 17.9. The van der Waals surface area contributed by atoms with Crippen LogP contribution in [0.15, 0.2) is 59.8 Å². The highest BCUT2D eigenvalue weighted by Gasteiger charge is 2.32. The quantitative estimate of drug-likeness (QED) is 0.574. The van der Waals surface area contributed by atoms with Crippen molar-refractivity contribution in [2.24, 2.45) is 7.05 Å². The molecule has 2 atom stereocenters. The standard InChI is InChI=1S/C25H29FN4O3S/c1-17-10-11-21(34(32,33)30-13-5-4-7-18(30)2)16-22(17)25(31)28-23(24-27-12-14-29(24)3)19-8-6-9-20(26)15-19/h6,8-12,14-16,18,23H,4-5,7,13H2,1-3H3,(H,28,31). The summed E-state index contributed by atoms with van der Waals surface area (Å²) in [6.07, 6.45) is 5.99. The number of nitrogens with zero attached hydrogens (tertiary/aromatic N) is 3. The smallest absolute Gasteiger partial charge is 0.252 e. The van der Waals surface area contributed by atoms with E-state index in [1.807, 2.05) is 6.92 Å². The van der Waals surface area contributed by atoms with Crippen LogP contribution >= 0.6 is 0 Å². The Balaban J connectivity index is 1.68. The van der Waals surface area contributed by atoms with Crippen LogP contribution < -0.4 is 5.32 Å². The molecule has 3 aromatic rings. The molecule has 2 aromatic carbocycles. The summed E-state index contributed by atoms with van der Waals surface area (Å²) in [4.78, 5) is 17.8. The topological polar surface area (TPSA) is 84.3 Å². The Kier molecular flexibility index (Phi) is 6.86. The fraction of sp³-hybridized carbons (Fsp3) is 0.360. The van der Waals surface area contributed by atoms with E-state index in [9.17, 15) is 17.6 Å². The number of halogens is 1. The average molecular weight is 485 g/mol. The number of aromatic nitrogens is 2. The first-order valence-corrected chi connectivity index (χ1v) is 12.8. The second kappa shape index (κ2) is 9.68. The first kappa shape index (κ1) is 24.1. The molecule has 2 heterocycles. The number of aryl methyl sites for hydroxylation is 2. The van der Waals surface area contributed by atoms with Crippen LogP contribution in [-0.4, -0.2) is 40.8 Å². The number of benzene rings is 2. The minimum Gasteiger partial charge on any atom is -0.338 e. The molecule has 1 aliphatic heterocycles. The van der Waals surface area contributed by atoms with Gasteiger partial charge in [-0.25, -0.2) is 17.8 Å². The molecule has 0 radical (unpaired) electrons. The third-order valence-electron chi connectivity index (χ3n) is 6.38. The number of rotatable bonds is 6. The van der Waals surface area contributed by atoms with E-state index < -0.39 is 27.8 Å².